The first kappa shape index (κ1) is 15.0. The number of aromatic hydroxyl groups is 1. The highest BCUT2D eigenvalue weighted by Crippen LogP contribution is 2.32. The zero-order valence-corrected chi connectivity index (χ0v) is 14.5. The molecule has 2 N–H and O–H groups in total. The normalized spacial score (nSPS) is 11.2. The third-order valence-electron chi connectivity index (χ3n) is 3.03. The van der Waals surface area contributed by atoms with Crippen molar-refractivity contribution in [2.75, 3.05) is 5.43 Å². The Morgan fingerprint density at radius 2 is 1.77 bits per heavy atom. The zero-order chi connectivity index (χ0) is 15.5. The summed E-state index contributed by atoms with van der Waals surface area (Å²) in [5.41, 5.74) is 4.66. The van der Waals surface area contributed by atoms with Crippen molar-refractivity contribution in [3.05, 3.63) is 63.0 Å². The van der Waals surface area contributed by atoms with Gasteiger partial charge in [-0.1, -0.05) is 18.2 Å². The van der Waals surface area contributed by atoms with E-state index in [1.165, 1.54) is 0 Å². The Morgan fingerprint density at radius 1 is 1.05 bits per heavy atom. The van der Waals surface area contributed by atoms with E-state index in [9.17, 15) is 5.11 Å². The summed E-state index contributed by atoms with van der Waals surface area (Å²) in [5, 5.41) is 14.9. The maximum Gasteiger partial charge on any atom is 0.146 e. The quantitative estimate of drug-likeness (QED) is 0.467. The summed E-state index contributed by atoms with van der Waals surface area (Å²) in [6.07, 6.45) is 1.66. The number of hydrazone groups is 1. The van der Waals surface area contributed by atoms with Gasteiger partial charge in [0.2, 0.25) is 0 Å². The molecule has 22 heavy (non-hydrogen) atoms. The molecule has 0 saturated heterocycles. The fourth-order valence-corrected chi connectivity index (χ4v) is 3.18. The number of fused-ring (bicyclic) bond motifs is 1. The fourth-order valence-electron chi connectivity index (χ4n) is 1.96. The van der Waals surface area contributed by atoms with Crippen molar-refractivity contribution in [3.8, 4) is 5.75 Å². The molecule has 2 aromatic carbocycles. The second kappa shape index (κ2) is 6.46. The van der Waals surface area contributed by atoms with Gasteiger partial charge in [0.25, 0.3) is 0 Å². The average molecular weight is 421 g/mol. The van der Waals surface area contributed by atoms with Gasteiger partial charge in [0.1, 0.15) is 11.6 Å². The molecule has 4 nitrogen and oxygen atoms in total. The van der Waals surface area contributed by atoms with Crippen molar-refractivity contribution < 1.29 is 5.11 Å². The van der Waals surface area contributed by atoms with E-state index in [1.807, 2.05) is 36.4 Å². The van der Waals surface area contributed by atoms with E-state index in [0.717, 1.165) is 16.5 Å². The molecule has 110 valence electrons. The Labute approximate surface area is 144 Å². The number of hydrogen-bond donors (Lipinski definition) is 2. The Hall–Kier alpha value is -1.92. The van der Waals surface area contributed by atoms with Crippen LogP contribution in [0, 0.1) is 0 Å². The monoisotopic (exact) mass is 419 g/mol. The Morgan fingerprint density at radius 3 is 2.55 bits per heavy atom. The molecule has 0 aliphatic carbocycles. The second-order valence-corrected chi connectivity index (χ2v) is 6.30. The van der Waals surface area contributed by atoms with Crippen molar-refractivity contribution in [3.63, 3.8) is 0 Å². The van der Waals surface area contributed by atoms with Gasteiger partial charge >= 0.3 is 0 Å². The van der Waals surface area contributed by atoms with Crippen LogP contribution in [0.4, 0.5) is 5.82 Å². The molecule has 1 heterocycles. The topological polar surface area (TPSA) is 57.5 Å². The fraction of sp³-hybridized carbons (Fsp3) is 0. The minimum absolute atomic E-state index is 0.168. The van der Waals surface area contributed by atoms with Crippen LogP contribution in [0.5, 0.6) is 5.75 Å². The third-order valence-corrected chi connectivity index (χ3v) is 4.24. The van der Waals surface area contributed by atoms with Crippen LogP contribution in [-0.4, -0.2) is 16.3 Å². The molecule has 3 aromatic rings. The minimum Gasteiger partial charge on any atom is -0.506 e. The summed E-state index contributed by atoms with van der Waals surface area (Å²) in [4.78, 5) is 4.47. The maximum absolute atomic E-state index is 9.67. The van der Waals surface area contributed by atoms with Crippen LogP contribution in [0.25, 0.3) is 10.9 Å². The van der Waals surface area contributed by atoms with Gasteiger partial charge in [-0.25, -0.2) is 4.98 Å². The van der Waals surface area contributed by atoms with Crippen LogP contribution in [0.15, 0.2) is 62.6 Å². The molecule has 0 spiro atoms. The number of rotatable bonds is 3. The highest BCUT2D eigenvalue weighted by atomic mass is 79.9. The number of para-hydroxylation sites is 1. The van der Waals surface area contributed by atoms with Gasteiger partial charge in [0, 0.05) is 5.39 Å². The molecule has 6 heteroatoms. The lowest BCUT2D eigenvalue weighted by Gasteiger charge is -2.03. The van der Waals surface area contributed by atoms with Gasteiger partial charge < -0.3 is 5.11 Å². The van der Waals surface area contributed by atoms with Crippen molar-refractivity contribution in [2.45, 2.75) is 0 Å². The van der Waals surface area contributed by atoms with Crippen LogP contribution in [0.1, 0.15) is 5.56 Å². The SMILES string of the molecule is Oc1c(Br)cc(/C=N\Nc2ccc3ccccc3n2)cc1Br. The number of halogens is 2. The smallest absolute Gasteiger partial charge is 0.146 e. The largest absolute Gasteiger partial charge is 0.506 e. The van der Waals surface area contributed by atoms with Crippen molar-refractivity contribution in [2.24, 2.45) is 5.10 Å². The Kier molecular flexibility index (Phi) is 4.40. The standard InChI is InChI=1S/C16H11Br2N3O/c17-12-7-10(8-13(18)16(12)22)9-19-21-15-6-5-11-3-1-2-4-14(11)20-15/h1-9,22H,(H,20,21)/b19-9-. The predicted octanol–water partition coefficient (Wildman–Crippen LogP) is 4.91. The second-order valence-electron chi connectivity index (χ2n) is 4.59. The van der Waals surface area contributed by atoms with Crippen LogP contribution in [-0.2, 0) is 0 Å². The molecule has 0 aliphatic heterocycles. The van der Waals surface area contributed by atoms with E-state index in [-0.39, 0.29) is 5.75 Å². The molecule has 0 atom stereocenters. The third kappa shape index (κ3) is 3.28. The molecule has 3 rings (SSSR count). The molecule has 0 radical (unpaired) electrons. The van der Waals surface area contributed by atoms with Crippen LogP contribution >= 0.6 is 31.9 Å². The van der Waals surface area contributed by atoms with Crippen LogP contribution in [0.2, 0.25) is 0 Å². The number of phenolic OH excluding ortho intramolecular Hbond substituents is 1. The number of anilines is 1. The lowest BCUT2D eigenvalue weighted by Crippen LogP contribution is -1.94. The van der Waals surface area contributed by atoms with E-state index < -0.39 is 0 Å². The predicted molar refractivity (Wildman–Crippen MR) is 96.5 cm³/mol. The molecule has 0 bridgehead atoms. The number of aromatic nitrogens is 1. The van der Waals surface area contributed by atoms with Crippen molar-refractivity contribution >= 4 is 54.8 Å². The van der Waals surface area contributed by atoms with Crippen molar-refractivity contribution in [1.29, 1.82) is 0 Å². The minimum atomic E-state index is 0.168. The van der Waals surface area contributed by atoms with Gasteiger partial charge in [-0.2, -0.15) is 5.10 Å². The maximum atomic E-state index is 9.67. The van der Waals surface area contributed by atoms with E-state index >= 15 is 0 Å². The van der Waals surface area contributed by atoms with Gasteiger partial charge in [-0.15, -0.1) is 0 Å². The zero-order valence-electron chi connectivity index (χ0n) is 11.3. The highest BCUT2D eigenvalue weighted by molar-refractivity contribution is 9.11. The molecular weight excluding hydrogens is 410 g/mol. The molecule has 0 fully saturated rings. The Bertz CT molecular complexity index is 842. The molecule has 0 unspecified atom stereocenters. The van der Waals surface area contributed by atoms with Gasteiger partial charge in [0.15, 0.2) is 0 Å². The van der Waals surface area contributed by atoms with Gasteiger partial charge in [0.05, 0.1) is 20.7 Å². The summed E-state index contributed by atoms with van der Waals surface area (Å²) in [6.45, 7) is 0. The van der Waals surface area contributed by atoms with E-state index in [0.29, 0.717) is 14.8 Å². The molecule has 1 aromatic heterocycles. The van der Waals surface area contributed by atoms with E-state index in [2.05, 4.69) is 47.4 Å². The van der Waals surface area contributed by atoms with Gasteiger partial charge in [-0.05, 0) is 67.8 Å². The molecular formula is C16H11Br2N3O. The van der Waals surface area contributed by atoms with Crippen LogP contribution < -0.4 is 5.43 Å². The van der Waals surface area contributed by atoms with Gasteiger partial charge in [-0.3, -0.25) is 5.43 Å². The number of nitrogens with one attached hydrogen (secondary N) is 1. The first-order valence-electron chi connectivity index (χ1n) is 6.46. The average Bonchev–Trinajstić information content (AvgIpc) is 2.52. The summed E-state index contributed by atoms with van der Waals surface area (Å²) >= 11 is 6.57. The first-order chi connectivity index (χ1) is 10.6. The highest BCUT2D eigenvalue weighted by Gasteiger charge is 2.04. The number of pyridine rings is 1. The number of hydrogen-bond acceptors (Lipinski definition) is 4. The molecule has 0 amide bonds. The van der Waals surface area contributed by atoms with Crippen LogP contribution in [0.3, 0.4) is 0 Å². The molecule has 0 aliphatic rings. The van der Waals surface area contributed by atoms with E-state index in [1.54, 1.807) is 18.3 Å². The molecule has 0 saturated carbocycles. The van der Waals surface area contributed by atoms with E-state index in [4.69, 9.17) is 0 Å². The Balaban J connectivity index is 1.78. The van der Waals surface area contributed by atoms with Crippen molar-refractivity contribution in [1.82, 2.24) is 4.98 Å². The first-order valence-corrected chi connectivity index (χ1v) is 8.05. The summed E-state index contributed by atoms with van der Waals surface area (Å²) in [5.74, 6) is 0.841. The lowest BCUT2D eigenvalue weighted by molar-refractivity contribution is 0.468. The summed E-state index contributed by atoms with van der Waals surface area (Å²) < 4.78 is 1.21. The summed E-state index contributed by atoms with van der Waals surface area (Å²) in [7, 11) is 0. The number of benzene rings is 2. The number of nitrogens with zero attached hydrogens (tertiary/aromatic N) is 2. The lowest BCUT2D eigenvalue weighted by atomic mass is 10.2. The summed E-state index contributed by atoms with van der Waals surface area (Å²) in [6, 6.07) is 15.3. The number of phenols is 1.